The van der Waals surface area contributed by atoms with E-state index in [9.17, 15) is 9.59 Å². The van der Waals surface area contributed by atoms with Crippen molar-refractivity contribution in [3.8, 4) is 0 Å². The van der Waals surface area contributed by atoms with Gasteiger partial charge in [0.25, 0.3) is 5.91 Å². The third-order valence-electron chi connectivity index (χ3n) is 6.01. The first kappa shape index (κ1) is 21.5. The monoisotopic (exact) mass is 403 g/mol. The molecule has 8 heteroatoms. The molecule has 0 unspecified atom stereocenters. The lowest BCUT2D eigenvalue weighted by Crippen LogP contribution is -2.50. The molecule has 1 atom stereocenters. The second kappa shape index (κ2) is 8.26. The van der Waals surface area contributed by atoms with Gasteiger partial charge in [-0.2, -0.15) is 0 Å². The molecule has 29 heavy (non-hydrogen) atoms. The summed E-state index contributed by atoms with van der Waals surface area (Å²) in [7, 11) is 5.48. The summed E-state index contributed by atoms with van der Waals surface area (Å²) in [6, 6.07) is -0.152. The lowest BCUT2D eigenvalue weighted by molar-refractivity contribution is -0.155. The van der Waals surface area contributed by atoms with Crippen LogP contribution in [0.5, 0.6) is 0 Å². The summed E-state index contributed by atoms with van der Waals surface area (Å²) >= 11 is 0. The number of rotatable bonds is 4. The van der Waals surface area contributed by atoms with E-state index in [0.717, 1.165) is 36.3 Å². The zero-order valence-electron chi connectivity index (χ0n) is 18.5. The second-order valence-electron chi connectivity index (χ2n) is 8.64. The minimum atomic E-state index is -0.879. The topological polar surface area (TPSA) is 78.9 Å². The van der Waals surface area contributed by atoms with E-state index in [-0.39, 0.29) is 17.9 Å². The summed E-state index contributed by atoms with van der Waals surface area (Å²) in [5.74, 6) is 1.57. The van der Waals surface area contributed by atoms with Crippen LogP contribution >= 0.6 is 0 Å². The number of carbonyl (C=O) groups excluding carboxylic acids is 2. The molecule has 1 fully saturated rings. The molecule has 0 aromatic carbocycles. The minimum Gasteiger partial charge on any atom is -0.369 e. The largest absolute Gasteiger partial charge is 0.369 e. The number of methoxy groups -OCH3 is 1. The molecule has 1 aromatic heterocycles. The number of hydrogen-bond donors (Lipinski definition) is 0. The number of fused-ring (bicyclic) bond motifs is 1. The van der Waals surface area contributed by atoms with Gasteiger partial charge < -0.3 is 19.4 Å². The fraction of sp³-hybridized carbons (Fsp3) is 0.714. The molecule has 0 radical (unpaired) electrons. The first-order valence-corrected chi connectivity index (χ1v) is 10.3. The third-order valence-corrected chi connectivity index (χ3v) is 6.01. The normalized spacial score (nSPS) is 19.7. The minimum absolute atomic E-state index is 0.0276. The van der Waals surface area contributed by atoms with Crippen LogP contribution in [0.2, 0.25) is 0 Å². The van der Waals surface area contributed by atoms with Crippen LogP contribution in [0.1, 0.15) is 63.2 Å². The van der Waals surface area contributed by atoms with Crippen LogP contribution in [0.3, 0.4) is 0 Å². The van der Waals surface area contributed by atoms with Gasteiger partial charge in [0.15, 0.2) is 5.82 Å². The van der Waals surface area contributed by atoms with Crippen molar-refractivity contribution in [2.75, 3.05) is 39.2 Å². The molecule has 2 aliphatic heterocycles. The second-order valence-corrected chi connectivity index (χ2v) is 8.64. The molecule has 0 N–H and O–H groups in total. The van der Waals surface area contributed by atoms with E-state index < -0.39 is 5.60 Å². The van der Waals surface area contributed by atoms with Gasteiger partial charge in [-0.25, -0.2) is 9.97 Å². The predicted molar refractivity (Wildman–Crippen MR) is 111 cm³/mol. The Bertz CT molecular complexity index is 793. The van der Waals surface area contributed by atoms with Crippen LogP contribution in [-0.4, -0.2) is 71.5 Å². The van der Waals surface area contributed by atoms with Crippen molar-refractivity contribution in [3.05, 3.63) is 17.1 Å². The maximum atomic E-state index is 13.2. The van der Waals surface area contributed by atoms with Gasteiger partial charge in [-0.3, -0.25) is 9.59 Å². The molecule has 1 aromatic rings. The van der Waals surface area contributed by atoms with E-state index in [1.54, 1.807) is 27.9 Å². The van der Waals surface area contributed by atoms with Crippen molar-refractivity contribution in [2.24, 2.45) is 0 Å². The average Bonchev–Trinajstić information content (AvgIpc) is 2.71. The molecule has 3 rings (SSSR count). The number of aromatic nitrogens is 2. The summed E-state index contributed by atoms with van der Waals surface area (Å²) in [5.41, 5.74) is 1.11. The fourth-order valence-electron chi connectivity index (χ4n) is 4.08. The maximum Gasteiger partial charge on any atom is 0.254 e. The van der Waals surface area contributed by atoms with E-state index in [1.807, 2.05) is 28.8 Å². The molecule has 0 aliphatic carbocycles. The Balaban J connectivity index is 2.00. The van der Waals surface area contributed by atoms with Gasteiger partial charge in [0.1, 0.15) is 11.4 Å². The molecule has 160 valence electrons. The average molecular weight is 404 g/mol. The zero-order valence-corrected chi connectivity index (χ0v) is 18.5. The molecule has 8 nitrogen and oxygen atoms in total. The van der Waals surface area contributed by atoms with Crippen LogP contribution in [0, 0.1) is 0 Å². The molecule has 0 saturated carbocycles. The van der Waals surface area contributed by atoms with E-state index >= 15 is 0 Å². The van der Waals surface area contributed by atoms with Crippen molar-refractivity contribution in [2.45, 2.75) is 64.6 Å². The van der Waals surface area contributed by atoms with E-state index in [2.05, 4.69) is 0 Å². The first-order valence-electron chi connectivity index (χ1n) is 10.3. The number of likely N-dealkylation sites (tertiary alicyclic amines) is 1. The van der Waals surface area contributed by atoms with Crippen LogP contribution in [0.15, 0.2) is 0 Å². The summed E-state index contributed by atoms with van der Waals surface area (Å²) in [5, 5.41) is 0. The highest BCUT2D eigenvalue weighted by atomic mass is 16.5. The smallest absolute Gasteiger partial charge is 0.254 e. The quantitative estimate of drug-likeness (QED) is 0.764. The van der Waals surface area contributed by atoms with E-state index in [0.29, 0.717) is 31.9 Å². The van der Waals surface area contributed by atoms with E-state index in [1.165, 1.54) is 0 Å². The zero-order chi connectivity index (χ0) is 21.3. The standard InChI is InChI=1S/C21H33N5O3/c1-14(27)25-12-10-16-15(13-25)19(24(4)5)23-18(22-16)17-9-7-8-11-26(17)20(28)21(2,3)29-6/h17H,7-13H2,1-6H3/t17-/m0/s1. The van der Waals surface area contributed by atoms with Crippen molar-refractivity contribution in [1.82, 2.24) is 19.8 Å². The molecule has 2 aliphatic rings. The SMILES string of the molecule is COC(C)(C)C(=O)N1CCCC[C@H]1c1nc2c(c(N(C)C)n1)CN(C(C)=O)CC2. The summed E-state index contributed by atoms with van der Waals surface area (Å²) in [4.78, 5) is 40.5. The predicted octanol–water partition coefficient (Wildman–Crippen LogP) is 1.93. The number of hydrogen-bond acceptors (Lipinski definition) is 6. The highest BCUT2D eigenvalue weighted by molar-refractivity contribution is 5.85. The van der Waals surface area contributed by atoms with E-state index in [4.69, 9.17) is 14.7 Å². The Labute approximate surface area is 173 Å². The number of amides is 2. The van der Waals surface area contributed by atoms with Crippen LogP contribution < -0.4 is 4.90 Å². The van der Waals surface area contributed by atoms with Gasteiger partial charge >= 0.3 is 0 Å². The molecular formula is C21H33N5O3. The fourth-order valence-corrected chi connectivity index (χ4v) is 4.08. The van der Waals surface area contributed by atoms with Crippen LogP contribution in [0.4, 0.5) is 5.82 Å². The molecular weight excluding hydrogens is 370 g/mol. The van der Waals surface area contributed by atoms with Crippen molar-refractivity contribution >= 4 is 17.6 Å². The van der Waals surface area contributed by atoms with Crippen molar-refractivity contribution in [3.63, 3.8) is 0 Å². The Morgan fingerprint density at radius 1 is 1.17 bits per heavy atom. The molecule has 3 heterocycles. The van der Waals surface area contributed by atoms with Gasteiger partial charge in [-0.15, -0.1) is 0 Å². The highest BCUT2D eigenvalue weighted by Gasteiger charge is 2.39. The molecule has 0 bridgehead atoms. The Hall–Kier alpha value is -2.22. The summed E-state index contributed by atoms with van der Waals surface area (Å²) in [6.07, 6.45) is 3.56. The highest BCUT2D eigenvalue weighted by Crippen LogP contribution is 2.34. The summed E-state index contributed by atoms with van der Waals surface area (Å²) in [6.45, 7) is 7.08. The molecule has 0 spiro atoms. The Kier molecular flexibility index (Phi) is 6.12. The van der Waals surface area contributed by atoms with Gasteiger partial charge in [0, 0.05) is 53.2 Å². The Morgan fingerprint density at radius 3 is 2.52 bits per heavy atom. The van der Waals surface area contributed by atoms with Gasteiger partial charge in [-0.05, 0) is 33.1 Å². The van der Waals surface area contributed by atoms with Crippen LogP contribution in [0.25, 0.3) is 0 Å². The van der Waals surface area contributed by atoms with Gasteiger partial charge in [-0.1, -0.05) is 0 Å². The van der Waals surface area contributed by atoms with Crippen LogP contribution in [-0.2, 0) is 27.3 Å². The number of ether oxygens (including phenoxy) is 1. The Morgan fingerprint density at radius 2 is 1.90 bits per heavy atom. The molecule has 1 saturated heterocycles. The number of piperidine rings is 1. The lowest BCUT2D eigenvalue weighted by atomic mass is 9.97. The summed E-state index contributed by atoms with van der Waals surface area (Å²) < 4.78 is 5.45. The third kappa shape index (κ3) is 4.22. The van der Waals surface area contributed by atoms with Gasteiger partial charge in [0.2, 0.25) is 5.91 Å². The number of anilines is 1. The lowest BCUT2D eigenvalue weighted by Gasteiger charge is -2.39. The number of nitrogens with zero attached hydrogens (tertiary/aromatic N) is 5. The number of carbonyl (C=O) groups is 2. The van der Waals surface area contributed by atoms with Gasteiger partial charge in [0.05, 0.1) is 18.3 Å². The van der Waals surface area contributed by atoms with Crippen molar-refractivity contribution in [1.29, 1.82) is 0 Å². The first-order chi connectivity index (χ1) is 13.7. The maximum absolute atomic E-state index is 13.2. The molecule has 2 amide bonds. The van der Waals surface area contributed by atoms with Crippen molar-refractivity contribution < 1.29 is 14.3 Å².